The second kappa shape index (κ2) is 5.81. The monoisotopic (exact) mass is 290 g/mol. The number of carbonyl (C=O) groups is 1. The minimum Gasteiger partial charge on any atom is -0.403 e. The molecule has 0 unspecified atom stereocenters. The first-order chi connectivity index (χ1) is 9.39. The molecule has 0 N–H and O–H groups in total. The summed E-state index contributed by atoms with van der Waals surface area (Å²) in [7, 11) is 0. The van der Waals surface area contributed by atoms with Gasteiger partial charge in [0.25, 0.3) is 0 Å². The summed E-state index contributed by atoms with van der Waals surface area (Å²) in [4.78, 5) is 10.7. The minimum atomic E-state index is -4.90. The van der Waals surface area contributed by atoms with E-state index in [-0.39, 0.29) is 11.8 Å². The molecule has 1 saturated carbocycles. The molecule has 0 heterocycles. The topological polar surface area (TPSA) is 26.3 Å². The fourth-order valence-electron chi connectivity index (χ4n) is 2.57. The summed E-state index contributed by atoms with van der Waals surface area (Å²) >= 11 is 0. The molecule has 0 aliphatic heterocycles. The Hall–Kier alpha value is -1.59. The third kappa shape index (κ3) is 3.71. The molecule has 0 atom stereocenters. The highest BCUT2D eigenvalue weighted by Gasteiger charge is 2.32. The Morgan fingerprint density at radius 1 is 1.15 bits per heavy atom. The number of rotatable bonds is 3. The van der Waals surface area contributed by atoms with E-state index in [1.54, 1.807) is 0 Å². The van der Waals surface area contributed by atoms with Crippen LogP contribution in [0.2, 0.25) is 0 Å². The average molecular weight is 290 g/mol. The standard InChI is InChI=1S/C14H14F4O2/c15-12-7-11(5-6-13(12)20-14(16,17)18)10-3-1-9(8-19)2-4-10/h5-10H,1-4H2. The SMILES string of the molecule is O=CC1CCC(c2ccc(OC(F)(F)F)c(F)c2)CC1. The first kappa shape index (κ1) is 14.8. The number of hydrogen-bond donors (Lipinski definition) is 0. The van der Waals surface area contributed by atoms with Crippen LogP contribution >= 0.6 is 0 Å². The molecule has 0 radical (unpaired) electrons. The number of halogens is 4. The number of alkyl halides is 3. The van der Waals surface area contributed by atoms with E-state index in [4.69, 9.17) is 0 Å². The van der Waals surface area contributed by atoms with Crippen LogP contribution in [-0.2, 0) is 4.79 Å². The van der Waals surface area contributed by atoms with Crippen LogP contribution in [0.5, 0.6) is 5.75 Å². The van der Waals surface area contributed by atoms with Crippen molar-refractivity contribution in [3.8, 4) is 5.75 Å². The van der Waals surface area contributed by atoms with Gasteiger partial charge in [-0.15, -0.1) is 13.2 Å². The Morgan fingerprint density at radius 3 is 2.30 bits per heavy atom. The molecule has 0 spiro atoms. The van der Waals surface area contributed by atoms with E-state index in [1.807, 2.05) is 0 Å². The number of ether oxygens (including phenoxy) is 1. The second-order valence-corrected chi connectivity index (χ2v) is 4.99. The van der Waals surface area contributed by atoms with Gasteiger partial charge in [0.15, 0.2) is 11.6 Å². The van der Waals surface area contributed by atoms with Crippen molar-refractivity contribution >= 4 is 6.29 Å². The van der Waals surface area contributed by atoms with Crippen LogP contribution in [0.1, 0.15) is 37.2 Å². The molecule has 110 valence electrons. The normalized spacial score (nSPS) is 23.4. The van der Waals surface area contributed by atoms with E-state index in [1.165, 1.54) is 6.07 Å². The molecule has 1 aliphatic rings. The van der Waals surface area contributed by atoms with Crippen molar-refractivity contribution in [2.24, 2.45) is 5.92 Å². The lowest BCUT2D eigenvalue weighted by molar-refractivity contribution is -0.275. The van der Waals surface area contributed by atoms with Gasteiger partial charge < -0.3 is 9.53 Å². The highest BCUT2D eigenvalue weighted by Crippen LogP contribution is 2.36. The summed E-state index contributed by atoms with van der Waals surface area (Å²) in [6.07, 6.45) is -1.03. The summed E-state index contributed by atoms with van der Waals surface area (Å²) in [6, 6.07) is 3.55. The van der Waals surface area contributed by atoms with Crippen molar-refractivity contribution in [3.63, 3.8) is 0 Å². The predicted molar refractivity (Wildman–Crippen MR) is 63.8 cm³/mol. The molecule has 1 aromatic rings. The van der Waals surface area contributed by atoms with Crippen molar-refractivity contribution < 1.29 is 27.1 Å². The first-order valence-electron chi connectivity index (χ1n) is 6.39. The quantitative estimate of drug-likeness (QED) is 0.616. The van der Waals surface area contributed by atoms with Crippen molar-refractivity contribution in [1.82, 2.24) is 0 Å². The molecular weight excluding hydrogens is 276 g/mol. The zero-order valence-corrected chi connectivity index (χ0v) is 10.6. The zero-order chi connectivity index (χ0) is 14.8. The maximum atomic E-state index is 13.6. The zero-order valence-electron chi connectivity index (χ0n) is 10.6. The van der Waals surface area contributed by atoms with Crippen LogP contribution in [-0.4, -0.2) is 12.6 Å². The minimum absolute atomic E-state index is 0.0453. The molecule has 1 fully saturated rings. The van der Waals surface area contributed by atoms with E-state index in [0.717, 1.165) is 44.1 Å². The van der Waals surface area contributed by atoms with E-state index >= 15 is 0 Å². The second-order valence-electron chi connectivity index (χ2n) is 4.99. The molecule has 0 amide bonds. The van der Waals surface area contributed by atoms with Gasteiger partial charge in [-0.25, -0.2) is 4.39 Å². The smallest absolute Gasteiger partial charge is 0.403 e. The predicted octanol–water partition coefficient (Wildman–Crippen LogP) is 4.20. The van der Waals surface area contributed by atoms with Gasteiger partial charge in [-0.2, -0.15) is 0 Å². The van der Waals surface area contributed by atoms with Gasteiger partial charge in [-0.1, -0.05) is 6.07 Å². The van der Waals surface area contributed by atoms with Gasteiger partial charge in [0.05, 0.1) is 0 Å². The lowest BCUT2D eigenvalue weighted by Gasteiger charge is -2.26. The van der Waals surface area contributed by atoms with E-state index < -0.39 is 17.9 Å². The van der Waals surface area contributed by atoms with Gasteiger partial charge in [0.2, 0.25) is 0 Å². The Balaban J connectivity index is 2.07. The van der Waals surface area contributed by atoms with Crippen molar-refractivity contribution in [2.75, 3.05) is 0 Å². The van der Waals surface area contributed by atoms with Crippen LogP contribution in [0, 0.1) is 11.7 Å². The first-order valence-corrected chi connectivity index (χ1v) is 6.39. The summed E-state index contributed by atoms with van der Waals surface area (Å²) in [5, 5.41) is 0. The van der Waals surface area contributed by atoms with Crippen molar-refractivity contribution in [3.05, 3.63) is 29.6 Å². The lowest BCUT2D eigenvalue weighted by atomic mass is 9.79. The van der Waals surface area contributed by atoms with Crippen LogP contribution in [0.3, 0.4) is 0 Å². The van der Waals surface area contributed by atoms with Gasteiger partial charge in [-0.05, 0) is 49.3 Å². The van der Waals surface area contributed by atoms with Crippen molar-refractivity contribution in [1.29, 1.82) is 0 Å². The summed E-state index contributed by atoms with van der Waals surface area (Å²) in [6.45, 7) is 0. The van der Waals surface area contributed by atoms with Crippen LogP contribution in [0.15, 0.2) is 18.2 Å². The Kier molecular flexibility index (Phi) is 4.30. The average Bonchev–Trinajstić information content (AvgIpc) is 2.40. The molecule has 0 saturated heterocycles. The Morgan fingerprint density at radius 2 is 1.80 bits per heavy atom. The van der Waals surface area contributed by atoms with Crippen LogP contribution in [0.25, 0.3) is 0 Å². The van der Waals surface area contributed by atoms with E-state index in [2.05, 4.69) is 4.74 Å². The molecule has 0 bridgehead atoms. The molecule has 2 nitrogen and oxygen atoms in total. The molecule has 2 rings (SSSR count). The maximum absolute atomic E-state index is 13.6. The molecule has 20 heavy (non-hydrogen) atoms. The summed E-state index contributed by atoms with van der Waals surface area (Å²) in [5.74, 6) is -1.70. The molecule has 0 aromatic heterocycles. The van der Waals surface area contributed by atoms with Crippen LogP contribution < -0.4 is 4.74 Å². The van der Waals surface area contributed by atoms with Gasteiger partial charge in [-0.3, -0.25) is 0 Å². The fraction of sp³-hybridized carbons (Fsp3) is 0.500. The molecule has 1 aliphatic carbocycles. The third-order valence-electron chi connectivity index (χ3n) is 3.62. The molecular formula is C14H14F4O2. The largest absolute Gasteiger partial charge is 0.573 e. The number of benzene rings is 1. The molecule has 6 heteroatoms. The fourth-order valence-corrected chi connectivity index (χ4v) is 2.57. The highest BCUT2D eigenvalue weighted by molar-refractivity contribution is 5.53. The van der Waals surface area contributed by atoms with Gasteiger partial charge in [0.1, 0.15) is 6.29 Å². The number of aldehydes is 1. The maximum Gasteiger partial charge on any atom is 0.573 e. The van der Waals surface area contributed by atoms with Crippen molar-refractivity contribution in [2.45, 2.75) is 38.0 Å². The van der Waals surface area contributed by atoms with Crippen LogP contribution in [0.4, 0.5) is 17.6 Å². The van der Waals surface area contributed by atoms with Gasteiger partial charge in [0, 0.05) is 5.92 Å². The lowest BCUT2D eigenvalue weighted by Crippen LogP contribution is -2.18. The third-order valence-corrected chi connectivity index (χ3v) is 3.62. The molecule has 1 aromatic carbocycles. The van der Waals surface area contributed by atoms with Gasteiger partial charge >= 0.3 is 6.36 Å². The summed E-state index contributed by atoms with van der Waals surface area (Å²) in [5.41, 5.74) is 0.654. The number of carbonyl (C=O) groups excluding carboxylic acids is 1. The van der Waals surface area contributed by atoms with E-state index in [9.17, 15) is 22.4 Å². The van der Waals surface area contributed by atoms with E-state index in [0.29, 0.717) is 5.56 Å². The number of hydrogen-bond acceptors (Lipinski definition) is 2. The summed E-state index contributed by atoms with van der Waals surface area (Å²) < 4.78 is 53.3. The Bertz CT molecular complexity index is 477. The highest BCUT2D eigenvalue weighted by atomic mass is 19.4. The Labute approximate surface area is 113 Å².